The molecular weight excluding hydrogens is 317 g/mol. The van der Waals surface area contributed by atoms with Crippen LogP contribution in [0.2, 0.25) is 0 Å². The third kappa shape index (κ3) is 6.90. The number of amides is 2. The topological polar surface area (TPSA) is 87.7 Å². The molecule has 1 aromatic rings. The highest BCUT2D eigenvalue weighted by Crippen LogP contribution is 2.29. The first-order valence-corrected chi connectivity index (χ1v) is 6.73. The maximum Gasteiger partial charge on any atom is 0.573 e. The molecule has 0 saturated carbocycles. The summed E-state index contributed by atoms with van der Waals surface area (Å²) in [6.07, 6.45) is -4.72. The first-order valence-electron chi connectivity index (χ1n) is 6.73. The van der Waals surface area contributed by atoms with Gasteiger partial charge in [0.1, 0.15) is 6.04 Å². The van der Waals surface area contributed by atoms with Crippen LogP contribution >= 0.6 is 0 Å². The fourth-order valence-electron chi connectivity index (χ4n) is 1.79. The molecular formula is C14H17F3N2O4. The second-order valence-corrected chi connectivity index (χ2v) is 5.16. The van der Waals surface area contributed by atoms with Crippen LogP contribution in [0.25, 0.3) is 0 Å². The van der Waals surface area contributed by atoms with Crippen LogP contribution in [0.5, 0.6) is 5.75 Å². The summed E-state index contributed by atoms with van der Waals surface area (Å²) in [7, 11) is 0. The van der Waals surface area contributed by atoms with Gasteiger partial charge in [-0.25, -0.2) is 9.59 Å². The molecule has 0 fully saturated rings. The highest BCUT2D eigenvalue weighted by Gasteiger charge is 2.32. The third-order valence-electron chi connectivity index (χ3n) is 2.67. The number of aliphatic carboxylic acids is 1. The number of carboxylic acids is 1. The number of para-hydroxylation sites is 2. The van der Waals surface area contributed by atoms with Gasteiger partial charge in [0.25, 0.3) is 0 Å². The van der Waals surface area contributed by atoms with Gasteiger partial charge in [0.2, 0.25) is 0 Å². The normalized spacial score (nSPS) is 12.6. The van der Waals surface area contributed by atoms with Crippen LogP contribution in [0, 0.1) is 5.92 Å². The van der Waals surface area contributed by atoms with E-state index in [4.69, 9.17) is 5.11 Å². The van der Waals surface area contributed by atoms with Gasteiger partial charge >= 0.3 is 18.4 Å². The van der Waals surface area contributed by atoms with Gasteiger partial charge in [-0.2, -0.15) is 0 Å². The molecule has 0 bridgehead atoms. The zero-order chi connectivity index (χ0) is 17.6. The van der Waals surface area contributed by atoms with Gasteiger partial charge in [0, 0.05) is 0 Å². The summed E-state index contributed by atoms with van der Waals surface area (Å²) in [5.41, 5.74) is -0.226. The summed E-state index contributed by atoms with van der Waals surface area (Å²) < 4.78 is 40.7. The molecule has 1 aromatic carbocycles. The van der Waals surface area contributed by atoms with E-state index in [-0.39, 0.29) is 18.0 Å². The summed E-state index contributed by atoms with van der Waals surface area (Å²) in [4.78, 5) is 22.9. The predicted molar refractivity (Wildman–Crippen MR) is 76.2 cm³/mol. The van der Waals surface area contributed by atoms with Crippen molar-refractivity contribution < 1.29 is 32.6 Å². The third-order valence-corrected chi connectivity index (χ3v) is 2.67. The number of urea groups is 1. The van der Waals surface area contributed by atoms with Crippen molar-refractivity contribution >= 4 is 17.7 Å². The Labute approximate surface area is 130 Å². The summed E-state index contributed by atoms with van der Waals surface area (Å²) in [5, 5.41) is 13.4. The molecule has 0 aromatic heterocycles. The van der Waals surface area contributed by atoms with Crippen LogP contribution in [0.1, 0.15) is 20.3 Å². The molecule has 0 radical (unpaired) electrons. The van der Waals surface area contributed by atoms with E-state index in [0.29, 0.717) is 0 Å². The average Bonchev–Trinajstić information content (AvgIpc) is 2.38. The lowest BCUT2D eigenvalue weighted by Crippen LogP contribution is -2.43. The van der Waals surface area contributed by atoms with Gasteiger partial charge in [0.15, 0.2) is 5.75 Å². The molecule has 0 aliphatic heterocycles. The molecule has 0 spiro atoms. The molecule has 0 heterocycles. The van der Waals surface area contributed by atoms with E-state index in [1.54, 1.807) is 13.8 Å². The number of ether oxygens (including phenoxy) is 1. The van der Waals surface area contributed by atoms with Gasteiger partial charge in [-0.3, -0.25) is 0 Å². The molecule has 0 saturated heterocycles. The van der Waals surface area contributed by atoms with E-state index in [1.165, 1.54) is 18.2 Å². The lowest BCUT2D eigenvalue weighted by atomic mass is 10.0. The van der Waals surface area contributed by atoms with Crippen LogP contribution in [0.15, 0.2) is 24.3 Å². The quantitative estimate of drug-likeness (QED) is 0.745. The van der Waals surface area contributed by atoms with Crippen LogP contribution < -0.4 is 15.4 Å². The number of benzene rings is 1. The van der Waals surface area contributed by atoms with Crippen molar-refractivity contribution in [2.24, 2.45) is 5.92 Å². The zero-order valence-electron chi connectivity index (χ0n) is 12.5. The number of nitrogens with one attached hydrogen (secondary N) is 2. The number of alkyl halides is 3. The molecule has 1 atom stereocenters. The highest BCUT2D eigenvalue weighted by molar-refractivity contribution is 5.93. The predicted octanol–water partition coefficient (Wildman–Crippen LogP) is 3.21. The second-order valence-electron chi connectivity index (χ2n) is 5.16. The number of hydrogen-bond donors (Lipinski definition) is 3. The SMILES string of the molecule is CC(C)C[C@H](NC(=O)Nc1ccccc1OC(F)(F)F)C(=O)O. The summed E-state index contributed by atoms with van der Waals surface area (Å²) >= 11 is 0. The van der Waals surface area contributed by atoms with E-state index in [9.17, 15) is 22.8 Å². The minimum absolute atomic E-state index is 0.0113. The van der Waals surface area contributed by atoms with Crippen molar-refractivity contribution in [1.29, 1.82) is 0 Å². The Morgan fingerprint density at radius 3 is 2.39 bits per heavy atom. The monoisotopic (exact) mass is 334 g/mol. The fraction of sp³-hybridized carbons (Fsp3) is 0.429. The average molecular weight is 334 g/mol. The minimum atomic E-state index is -4.91. The van der Waals surface area contributed by atoms with Gasteiger partial charge < -0.3 is 20.5 Å². The van der Waals surface area contributed by atoms with Gasteiger partial charge in [-0.15, -0.1) is 13.2 Å². The van der Waals surface area contributed by atoms with Crippen molar-refractivity contribution in [2.75, 3.05) is 5.32 Å². The number of carboxylic acid groups (broad SMARTS) is 1. The van der Waals surface area contributed by atoms with E-state index < -0.39 is 30.2 Å². The van der Waals surface area contributed by atoms with Crippen LogP contribution in [0.3, 0.4) is 0 Å². The number of halogens is 3. The van der Waals surface area contributed by atoms with E-state index >= 15 is 0 Å². The summed E-state index contributed by atoms with van der Waals surface area (Å²) in [5.74, 6) is -1.81. The zero-order valence-corrected chi connectivity index (χ0v) is 12.5. The Hall–Kier alpha value is -2.45. The number of carbonyl (C=O) groups is 2. The number of rotatable bonds is 6. The maximum atomic E-state index is 12.3. The first kappa shape index (κ1) is 18.6. The van der Waals surface area contributed by atoms with Gasteiger partial charge in [0.05, 0.1) is 5.69 Å². The smallest absolute Gasteiger partial charge is 0.480 e. The molecule has 0 unspecified atom stereocenters. The second kappa shape index (κ2) is 7.70. The Balaban J connectivity index is 2.79. The molecule has 23 heavy (non-hydrogen) atoms. The number of carbonyl (C=O) groups excluding carboxylic acids is 1. The maximum absolute atomic E-state index is 12.3. The number of anilines is 1. The Morgan fingerprint density at radius 2 is 1.87 bits per heavy atom. The summed E-state index contributed by atoms with van der Waals surface area (Å²) in [6, 6.07) is 2.87. The molecule has 0 aliphatic carbocycles. The fourth-order valence-corrected chi connectivity index (χ4v) is 1.79. The Bertz CT molecular complexity index is 561. The minimum Gasteiger partial charge on any atom is -0.480 e. The molecule has 2 amide bonds. The highest BCUT2D eigenvalue weighted by atomic mass is 19.4. The summed E-state index contributed by atoms with van der Waals surface area (Å²) in [6.45, 7) is 3.56. The van der Waals surface area contributed by atoms with E-state index in [2.05, 4.69) is 15.4 Å². The Kier molecular flexibility index (Phi) is 6.23. The van der Waals surface area contributed by atoms with Gasteiger partial charge in [-0.05, 0) is 24.5 Å². The molecule has 9 heteroatoms. The van der Waals surface area contributed by atoms with Crippen molar-refractivity contribution in [3.05, 3.63) is 24.3 Å². The van der Waals surface area contributed by atoms with E-state index in [0.717, 1.165) is 6.07 Å². The molecule has 128 valence electrons. The van der Waals surface area contributed by atoms with Gasteiger partial charge in [-0.1, -0.05) is 26.0 Å². The van der Waals surface area contributed by atoms with Crippen LogP contribution in [-0.2, 0) is 4.79 Å². The van der Waals surface area contributed by atoms with E-state index in [1.807, 2.05) is 0 Å². The molecule has 1 rings (SSSR count). The standard InChI is InChI=1S/C14H17F3N2O4/c1-8(2)7-10(12(20)21)19-13(22)18-9-5-3-4-6-11(9)23-14(15,16)17/h3-6,8,10H,7H2,1-2H3,(H,20,21)(H2,18,19,22)/t10-/m0/s1. The lowest BCUT2D eigenvalue weighted by molar-refractivity contribution is -0.274. The number of hydrogen-bond acceptors (Lipinski definition) is 3. The van der Waals surface area contributed by atoms with Crippen molar-refractivity contribution in [2.45, 2.75) is 32.7 Å². The van der Waals surface area contributed by atoms with Crippen LogP contribution in [0.4, 0.5) is 23.7 Å². The largest absolute Gasteiger partial charge is 0.573 e. The van der Waals surface area contributed by atoms with Crippen molar-refractivity contribution in [3.8, 4) is 5.75 Å². The molecule has 3 N–H and O–H groups in total. The first-order chi connectivity index (χ1) is 10.6. The van der Waals surface area contributed by atoms with Crippen molar-refractivity contribution in [1.82, 2.24) is 5.32 Å². The molecule has 0 aliphatic rings. The van der Waals surface area contributed by atoms with Crippen molar-refractivity contribution in [3.63, 3.8) is 0 Å². The molecule has 6 nitrogen and oxygen atoms in total. The Morgan fingerprint density at radius 1 is 1.26 bits per heavy atom. The lowest BCUT2D eigenvalue weighted by Gasteiger charge is -2.18. The van der Waals surface area contributed by atoms with Crippen LogP contribution in [-0.4, -0.2) is 29.5 Å².